The van der Waals surface area contributed by atoms with Crippen molar-refractivity contribution in [2.75, 3.05) is 6.54 Å². The van der Waals surface area contributed by atoms with Crippen molar-refractivity contribution in [3.05, 3.63) is 22.4 Å². The van der Waals surface area contributed by atoms with E-state index in [2.05, 4.69) is 10.4 Å². The molecule has 2 N–H and O–H groups in total. The molecule has 0 spiro atoms. The molecule has 0 aromatic carbocycles. The lowest BCUT2D eigenvalue weighted by atomic mass is 10.3. The minimum absolute atomic E-state index is 0.0203. The van der Waals surface area contributed by atoms with Crippen LogP contribution in [0.5, 0.6) is 0 Å². The maximum Gasteiger partial charge on any atom is 0.389 e. The van der Waals surface area contributed by atoms with Gasteiger partial charge in [0.15, 0.2) is 0 Å². The lowest BCUT2D eigenvalue weighted by Gasteiger charge is -2.02. The lowest BCUT2D eigenvalue weighted by molar-refractivity contribution is -0.389. The average molecular weight is 256 g/mol. The Morgan fingerprint density at radius 2 is 2.28 bits per heavy atom. The first-order valence-corrected chi connectivity index (χ1v) is 5.15. The Balaban J connectivity index is 2.31. The monoisotopic (exact) mass is 256 g/mol. The number of nitro groups is 1. The third kappa shape index (κ3) is 4.60. The van der Waals surface area contributed by atoms with Gasteiger partial charge in [0.2, 0.25) is 5.91 Å². The Labute approximate surface area is 102 Å². The first-order valence-electron chi connectivity index (χ1n) is 5.15. The normalized spacial score (nSPS) is 10.0. The Morgan fingerprint density at radius 1 is 1.56 bits per heavy atom. The molecule has 1 rings (SSSR count). The second-order valence-corrected chi connectivity index (χ2v) is 3.48. The smallest absolute Gasteiger partial charge is 0.389 e. The highest BCUT2D eigenvalue weighted by Crippen LogP contribution is 2.04. The molecule has 0 bridgehead atoms. The number of hydrogen-bond acceptors (Lipinski definition) is 5. The van der Waals surface area contributed by atoms with Crippen LogP contribution in [0.15, 0.2) is 12.3 Å². The molecule has 0 saturated carbocycles. The lowest BCUT2D eigenvalue weighted by Crippen LogP contribution is -2.28. The van der Waals surface area contributed by atoms with E-state index in [1.165, 1.54) is 12.3 Å². The molecule has 0 aliphatic rings. The number of amides is 1. The SMILES string of the molecule is O=C(O)CCCNC(=O)Cn1ccc([N+](=O)[O-])n1. The van der Waals surface area contributed by atoms with Crippen LogP contribution in [0.2, 0.25) is 0 Å². The highest BCUT2D eigenvalue weighted by Gasteiger charge is 2.12. The van der Waals surface area contributed by atoms with E-state index in [4.69, 9.17) is 5.11 Å². The van der Waals surface area contributed by atoms with Crippen LogP contribution in [0.25, 0.3) is 0 Å². The van der Waals surface area contributed by atoms with Gasteiger partial charge in [0, 0.05) is 13.0 Å². The first kappa shape index (κ1) is 13.6. The number of carboxylic acids is 1. The number of hydrogen-bond donors (Lipinski definition) is 2. The standard InChI is InChI=1S/C9H12N4O5/c14-8(10-4-1-2-9(15)16)6-12-5-3-7(11-12)13(17)18/h3,5H,1-2,4,6H2,(H,10,14)(H,15,16). The van der Waals surface area contributed by atoms with E-state index in [1.807, 2.05) is 0 Å². The predicted molar refractivity (Wildman–Crippen MR) is 58.8 cm³/mol. The number of carbonyl (C=O) groups is 2. The van der Waals surface area contributed by atoms with Crippen molar-refractivity contribution in [1.29, 1.82) is 0 Å². The van der Waals surface area contributed by atoms with Gasteiger partial charge in [-0.3, -0.25) is 9.59 Å². The molecule has 1 aromatic rings. The molecule has 0 aliphatic heterocycles. The molecule has 1 aromatic heterocycles. The number of aliphatic carboxylic acids is 1. The first-order chi connectivity index (χ1) is 8.49. The topological polar surface area (TPSA) is 127 Å². The van der Waals surface area contributed by atoms with Crippen molar-refractivity contribution < 1.29 is 19.6 Å². The second-order valence-electron chi connectivity index (χ2n) is 3.48. The fourth-order valence-electron chi connectivity index (χ4n) is 1.21. The molecule has 1 heterocycles. The number of carbonyl (C=O) groups excluding carboxylic acids is 1. The quantitative estimate of drug-likeness (QED) is 0.394. The Hall–Kier alpha value is -2.45. The summed E-state index contributed by atoms with van der Waals surface area (Å²) in [6.45, 7) is 0.107. The molecule has 0 saturated heterocycles. The molecule has 98 valence electrons. The highest BCUT2D eigenvalue weighted by atomic mass is 16.6. The van der Waals surface area contributed by atoms with Crippen LogP contribution in [0.3, 0.4) is 0 Å². The second kappa shape index (κ2) is 6.33. The Kier molecular flexibility index (Phi) is 4.78. The summed E-state index contributed by atoms with van der Waals surface area (Å²) in [6, 6.07) is 1.19. The summed E-state index contributed by atoms with van der Waals surface area (Å²) in [5, 5.41) is 24.8. The third-order valence-electron chi connectivity index (χ3n) is 2.01. The maximum atomic E-state index is 11.3. The summed E-state index contributed by atoms with van der Waals surface area (Å²) in [5.74, 6) is -1.63. The molecule has 0 aliphatic carbocycles. The number of nitrogens with zero attached hydrogens (tertiary/aromatic N) is 3. The van der Waals surface area contributed by atoms with Crippen LogP contribution < -0.4 is 5.32 Å². The summed E-state index contributed by atoms with van der Waals surface area (Å²) in [7, 11) is 0. The zero-order chi connectivity index (χ0) is 13.5. The summed E-state index contributed by atoms with van der Waals surface area (Å²) >= 11 is 0. The molecule has 9 heteroatoms. The van der Waals surface area contributed by atoms with E-state index in [0.717, 1.165) is 4.68 Å². The van der Waals surface area contributed by atoms with Crippen molar-refractivity contribution in [3.8, 4) is 0 Å². The predicted octanol–water partition coefficient (Wildman–Crippen LogP) is -0.228. The Morgan fingerprint density at radius 3 is 2.83 bits per heavy atom. The summed E-state index contributed by atoms with van der Waals surface area (Å²) in [6.07, 6.45) is 1.64. The van der Waals surface area contributed by atoms with Crippen LogP contribution in [0, 0.1) is 10.1 Å². The minimum Gasteiger partial charge on any atom is -0.481 e. The fourth-order valence-corrected chi connectivity index (χ4v) is 1.21. The van der Waals surface area contributed by atoms with Gasteiger partial charge in [0.25, 0.3) is 0 Å². The molecule has 0 unspecified atom stereocenters. The van der Waals surface area contributed by atoms with Gasteiger partial charge in [-0.15, -0.1) is 0 Å². The number of carboxylic acid groups (broad SMARTS) is 1. The van der Waals surface area contributed by atoms with Crippen molar-refractivity contribution in [2.24, 2.45) is 0 Å². The van der Waals surface area contributed by atoms with Crippen molar-refractivity contribution in [1.82, 2.24) is 15.1 Å². The maximum absolute atomic E-state index is 11.3. The molecule has 0 fully saturated rings. The van der Waals surface area contributed by atoms with E-state index in [-0.39, 0.29) is 31.2 Å². The highest BCUT2D eigenvalue weighted by molar-refractivity contribution is 5.75. The van der Waals surface area contributed by atoms with Gasteiger partial charge in [-0.2, -0.15) is 4.68 Å². The molecule has 18 heavy (non-hydrogen) atoms. The fraction of sp³-hybridized carbons (Fsp3) is 0.444. The van der Waals surface area contributed by atoms with E-state index in [9.17, 15) is 19.7 Å². The van der Waals surface area contributed by atoms with Crippen LogP contribution in [0.4, 0.5) is 5.82 Å². The number of aromatic nitrogens is 2. The van der Waals surface area contributed by atoms with E-state index in [1.54, 1.807) is 0 Å². The molecule has 0 radical (unpaired) electrons. The summed E-state index contributed by atoms with van der Waals surface area (Å²) in [4.78, 5) is 31.3. The number of nitrogens with one attached hydrogen (secondary N) is 1. The van der Waals surface area contributed by atoms with Gasteiger partial charge < -0.3 is 20.5 Å². The largest absolute Gasteiger partial charge is 0.481 e. The summed E-state index contributed by atoms with van der Waals surface area (Å²) in [5.41, 5.74) is 0. The molecule has 1 amide bonds. The van der Waals surface area contributed by atoms with Gasteiger partial charge in [0.1, 0.15) is 6.54 Å². The molecule has 0 atom stereocenters. The van der Waals surface area contributed by atoms with Gasteiger partial charge in [-0.05, 0) is 11.3 Å². The van der Waals surface area contributed by atoms with Crippen LogP contribution >= 0.6 is 0 Å². The van der Waals surface area contributed by atoms with Gasteiger partial charge in [-0.1, -0.05) is 0 Å². The minimum atomic E-state index is -0.924. The van der Waals surface area contributed by atoms with E-state index >= 15 is 0 Å². The van der Waals surface area contributed by atoms with Crippen molar-refractivity contribution in [2.45, 2.75) is 19.4 Å². The zero-order valence-corrected chi connectivity index (χ0v) is 9.40. The Bertz CT molecular complexity index is 456. The van der Waals surface area contributed by atoms with Gasteiger partial charge in [0.05, 0.1) is 17.4 Å². The molecule has 9 nitrogen and oxygen atoms in total. The van der Waals surface area contributed by atoms with Crippen LogP contribution in [-0.2, 0) is 16.1 Å². The van der Waals surface area contributed by atoms with E-state index < -0.39 is 10.9 Å². The van der Waals surface area contributed by atoms with Crippen LogP contribution in [0.1, 0.15) is 12.8 Å². The summed E-state index contributed by atoms with van der Waals surface area (Å²) < 4.78 is 1.14. The molecular weight excluding hydrogens is 244 g/mol. The zero-order valence-electron chi connectivity index (χ0n) is 9.40. The third-order valence-corrected chi connectivity index (χ3v) is 2.01. The van der Waals surface area contributed by atoms with E-state index in [0.29, 0.717) is 6.42 Å². The average Bonchev–Trinajstić information content (AvgIpc) is 2.72. The van der Waals surface area contributed by atoms with Crippen molar-refractivity contribution in [3.63, 3.8) is 0 Å². The number of rotatable bonds is 7. The van der Waals surface area contributed by atoms with Gasteiger partial charge >= 0.3 is 11.8 Å². The van der Waals surface area contributed by atoms with Gasteiger partial charge in [-0.25, -0.2) is 0 Å². The molecular formula is C9H12N4O5. The van der Waals surface area contributed by atoms with Crippen LogP contribution in [-0.4, -0.2) is 38.2 Å². The van der Waals surface area contributed by atoms with Crippen molar-refractivity contribution >= 4 is 17.7 Å².